The molecule has 0 spiro atoms. The van der Waals surface area contributed by atoms with Gasteiger partial charge >= 0.3 is 24.7 Å². The monoisotopic (exact) mass is 1920 g/mol. The summed E-state index contributed by atoms with van der Waals surface area (Å²) in [6.45, 7) is 1.67. The molecule has 0 amide bonds. The summed E-state index contributed by atoms with van der Waals surface area (Å²) in [5.41, 5.74) is -6.34. The summed E-state index contributed by atoms with van der Waals surface area (Å²) in [4.78, 5) is 46.0. The average Bonchev–Trinajstić information content (AvgIpc) is 0.796. The normalized spacial score (nSPS) is 11.9. The van der Waals surface area contributed by atoms with Crippen molar-refractivity contribution in [2.75, 3.05) is 18.9 Å². The molecule has 634 valence electrons. The number of halogens is 20. The molecule has 0 aliphatic rings. The lowest BCUT2D eigenvalue weighted by molar-refractivity contribution is -0.904. The van der Waals surface area contributed by atoms with Gasteiger partial charge in [-0.1, -0.05) is 92.8 Å². The number of hydrogen-bond donors (Lipinski definition) is 5. The van der Waals surface area contributed by atoms with E-state index in [4.69, 9.17) is 102 Å². The Labute approximate surface area is 715 Å². The van der Waals surface area contributed by atoms with E-state index in [9.17, 15) is 106 Å². The summed E-state index contributed by atoms with van der Waals surface area (Å²) in [6.07, 6.45) is -5.93. The van der Waals surface area contributed by atoms with Crippen LogP contribution in [0.25, 0.3) is 0 Å². The van der Waals surface area contributed by atoms with Crippen molar-refractivity contribution in [2.45, 2.75) is 51.2 Å². The molecule has 4 aromatic carbocycles. The van der Waals surface area contributed by atoms with Crippen LogP contribution in [0.1, 0.15) is 60.1 Å². The van der Waals surface area contributed by atoms with Crippen molar-refractivity contribution in [1.29, 1.82) is 0 Å². The number of carbonyl (C=O) groups excluding carboxylic acids is 2. The van der Waals surface area contributed by atoms with Crippen molar-refractivity contribution in [3.05, 3.63) is 310 Å². The van der Waals surface area contributed by atoms with Crippen LogP contribution in [0.2, 0.25) is 40.2 Å². The molecule has 121 heavy (non-hydrogen) atoms. The highest BCUT2D eigenvalue weighted by Crippen LogP contribution is 2.43. The standard InChI is InChI=1S/C18H10Cl2F3N3O4S.C18H12Cl2F3N3O3S.C18H10Cl2F3N3O3S.C17H10Cl2F3N3O4S/c19-11-6-15(16(24-8-11)17(27)10-2-1-5-26(28)9-10)25-31(29,30)12-3-4-14(20)13(7-12)18(21,22)23;1-10-16(3-2-6-24-10)29-17-15(7-11(19)9-25-17)26-30(27,28)12-4-5-14(20)13(8-12)18(21,22)23;19-11-7-15(16(25-9-11)17(27)10-3-5-24-6-4-10)26-30(28,29)12-1-2-14(20)13(8-12)18(21,22)23;18-10-7-15(16(23-9-10)29-11-3-5-25(26)6-4-11)24-30(27,28)12-1-2-14(19)13(8-12)17(20,21)22/h1-9H,(H-,25,27,28);2-9,26H,1H3;1-9,26H;1-9,24H/p+1. The molecule has 0 atom stereocenters. The molecule has 0 fully saturated rings. The number of hydrogen-bond acceptors (Lipinski definition) is 20. The van der Waals surface area contributed by atoms with E-state index in [1.54, 1.807) is 25.3 Å². The fourth-order valence-corrected chi connectivity index (χ4v) is 15.4. The van der Waals surface area contributed by atoms with Crippen molar-refractivity contribution in [3.8, 4) is 23.3 Å². The minimum Gasteiger partial charge on any atom is -0.619 e. The summed E-state index contributed by atoms with van der Waals surface area (Å²) in [5, 5.41) is 18.1. The van der Waals surface area contributed by atoms with Crippen molar-refractivity contribution in [2.24, 2.45) is 0 Å². The zero-order valence-electron chi connectivity index (χ0n) is 59.2. The molecule has 0 bridgehead atoms. The maximum Gasteiger partial charge on any atom is 0.417 e. The van der Waals surface area contributed by atoms with E-state index in [1.807, 2.05) is 4.72 Å². The van der Waals surface area contributed by atoms with E-state index >= 15 is 0 Å². The van der Waals surface area contributed by atoms with Gasteiger partial charge in [-0.05, 0) is 134 Å². The van der Waals surface area contributed by atoms with Gasteiger partial charge in [-0.3, -0.25) is 43.7 Å². The minimum atomic E-state index is -4.88. The molecule has 12 aromatic rings. The van der Waals surface area contributed by atoms with Gasteiger partial charge in [0.2, 0.25) is 35.7 Å². The summed E-state index contributed by atoms with van der Waals surface area (Å²) < 4.78 is 279. The first-order valence-electron chi connectivity index (χ1n) is 32.2. The lowest BCUT2D eigenvalue weighted by atomic mass is 10.1. The first-order chi connectivity index (χ1) is 56.3. The van der Waals surface area contributed by atoms with Crippen LogP contribution >= 0.6 is 92.8 Å². The SMILES string of the molecule is Cc1ncccc1Oc1ncc(Cl)cc1NS(=O)(=O)c1ccc(Cl)c(C(F)(F)F)c1.O=C(c1ccc[n+](O)c1)c1ncc(Cl)cc1NS(=O)(=O)c1ccc(Cl)c(C(F)(F)F)c1.O=C(c1ccncc1)c1ncc(Cl)cc1NS(=O)(=O)c1ccc(Cl)c(C(F)(F)F)c1.O=S(=O)(Nc1cc(Cl)cnc1Oc1cc[n+]([O-])cc1)c1ccc(Cl)c(C(F)(F)F)c1. The highest BCUT2D eigenvalue weighted by atomic mass is 35.5. The number of nitrogens with one attached hydrogen (secondary N) is 4. The highest BCUT2D eigenvalue weighted by molar-refractivity contribution is 7.93. The molecule has 0 unspecified atom stereocenters. The summed E-state index contributed by atoms with van der Waals surface area (Å²) in [5.74, 6) is -1.36. The Hall–Kier alpha value is -10.9. The zero-order chi connectivity index (χ0) is 89.3. The zero-order valence-corrected chi connectivity index (χ0v) is 68.5. The molecule has 12 rings (SSSR count). The molecule has 5 N–H and O–H groups in total. The van der Waals surface area contributed by atoms with Crippen LogP contribution in [0.15, 0.2) is 233 Å². The second kappa shape index (κ2) is 38.0. The number of aromatic nitrogens is 8. The van der Waals surface area contributed by atoms with Crippen molar-refractivity contribution in [3.63, 3.8) is 0 Å². The first kappa shape index (κ1) is 94.0. The molecular formula is C71H43Cl8F12N12O14S4+. The number of benzene rings is 4. The van der Waals surface area contributed by atoms with Crippen LogP contribution in [0.3, 0.4) is 0 Å². The fraction of sp³-hybridized carbons (Fsp3) is 0.0704. The van der Waals surface area contributed by atoms with Crippen molar-refractivity contribution in [1.82, 2.24) is 29.9 Å². The number of nitrogens with zero attached hydrogens (tertiary/aromatic N) is 8. The van der Waals surface area contributed by atoms with Crippen molar-refractivity contribution < 1.29 is 120 Å². The van der Waals surface area contributed by atoms with Crippen LogP contribution in [0.5, 0.6) is 23.3 Å². The maximum absolute atomic E-state index is 13.1. The van der Waals surface area contributed by atoms with E-state index in [-0.39, 0.29) is 82.9 Å². The van der Waals surface area contributed by atoms with Crippen molar-refractivity contribution >= 4 is 167 Å². The average molecular weight is 1930 g/mol. The van der Waals surface area contributed by atoms with E-state index in [0.29, 0.717) is 45.2 Å². The Morgan fingerprint density at radius 3 is 1.10 bits per heavy atom. The number of ketones is 2. The molecule has 50 heteroatoms. The number of carbonyl (C=O) groups is 2. The number of anilines is 4. The van der Waals surface area contributed by atoms with Gasteiger partial charge < -0.3 is 14.7 Å². The lowest BCUT2D eigenvalue weighted by Gasteiger charge is -2.15. The predicted molar refractivity (Wildman–Crippen MR) is 415 cm³/mol. The van der Waals surface area contributed by atoms with E-state index in [1.165, 1.54) is 79.5 Å². The summed E-state index contributed by atoms with van der Waals surface area (Å²) in [6, 6.07) is 24.4. The second-order valence-corrected chi connectivity index (χ2v) is 33.7. The molecule has 0 saturated carbocycles. The number of pyridine rings is 8. The van der Waals surface area contributed by atoms with E-state index in [2.05, 4.69) is 44.1 Å². The number of sulfonamides is 4. The Morgan fingerprint density at radius 2 is 0.744 bits per heavy atom. The predicted octanol–water partition coefficient (Wildman–Crippen LogP) is 19.1. The van der Waals surface area contributed by atoms with Gasteiger partial charge in [0.25, 0.3) is 40.1 Å². The Balaban J connectivity index is 0.000000183. The maximum atomic E-state index is 13.1. The van der Waals surface area contributed by atoms with Crippen LogP contribution in [0, 0.1) is 12.1 Å². The molecule has 26 nitrogen and oxygen atoms in total. The van der Waals surface area contributed by atoms with Gasteiger partial charge in [-0.2, -0.15) is 57.4 Å². The van der Waals surface area contributed by atoms with Crippen LogP contribution < -0.4 is 37.8 Å². The molecule has 0 aliphatic carbocycles. The quantitative estimate of drug-likeness (QED) is 0.0156. The second-order valence-electron chi connectivity index (χ2n) is 23.6. The van der Waals surface area contributed by atoms with Gasteiger partial charge in [0, 0.05) is 71.9 Å². The third-order valence-electron chi connectivity index (χ3n) is 15.1. The minimum absolute atomic E-state index is 0.00562. The highest BCUT2D eigenvalue weighted by Gasteiger charge is 2.39. The molecule has 0 saturated heterocycles. The van der Waals surface area contributed by atoms with Gasteiger partial charge in [-0.15, -0.1) is 0 Å². The lowest BCUT2D eigenvalue weighted by Crippen LogP contribution is -2.30. The molecule has 8 aromatic heterocycles. The van der Waals surface area contributed by atoms with Gasteiger partial charge in [0.1, 0.15) is 28.5 Å². The Bertz CT molecular complexity index is 6440. The summed E-state index contributed by atoms with van der Waals surface area (Å²) in [7, 11) is -18.1. The summed E-state index contributed by atoms with van der Waals surface area (Å²) >= 11 is 45.6. The molecule has 0 radical (unpaired) electrons. The Kier molecular flexibility index (Phi) is 29.5. The number of aryl methyl sites for hydroxylation is 1. The smallest absolute Gasteiger partial charge is 0.417 e. The molecular weight excluding hydrogens is 1880 g/mol. The fourth-order valence-electron chi connectivity index (χ4n) is 9.56. The third kappa shape index (κ3) is 24.9. The number of rotatable bonds is 20. The largest absolute Gasteiger partial charge is 0.619 e. The van der Waals surface area contributed by atoms with Gasteiger partial charge in [-0.25, -0.2) is 53.6 Å². The van der Waals surface area contributed by atoms with Crippen LogP contribution in [-0.4, -0.2) is 80.3 Å². The topological polar surface area (TPSA) is 366 Å². The van der Waals surface area contributed by atoms with Crippen LogP contribution in [-0.2, 0) is 64.8 Å². The van der Waals surface area contributed by atoms with Gasteiger partial charge in [0.15, 0.2) is 18.1 Å². The van der Waals surface area contributed by atoms with E-state index in [0.717, 1.165) is 91.6 Å². The first-order valence-corrected chi connectivity index (χ1v) is 41.1. The van der Waals surface area contributed by atoms with E-state index < -0.39 is 138 Å². The number of alkyl halides is 12. The molecule has 8 heterocycles. The Morgan fingerprint density at radius 1 is 0.405 bits per heavy atom. The molecule has 0 aliphatic heterocycles. The van der Waals surface area contributed by atoms with Gasteiger partial charge in [0.05, 0.1) is 105 Å². The number of ether oxygens (including phenoxy) is 2. The van der Waals surface area contributed by atoms with Crippen LogP contribution in [0.4, 0.5) is 75.4 Å². The third-order valence-corrected chi connectivity index (χ3v) is 22.7.